The lowest BCUT2D eigenvalue weighted by atomic mass is 9.93. The van der Waals surface area contributed by atoms with E-state index in [2.05, 4.69) is 21.1 Å². The van der Waals surface area contributed by atoms with E-state index in [1.807, 2.05) is 58.0 Å². The number of aliphatic hydroxyl groups is 1. The average Bonchev–Trinajstić information content (AvgIpc) is 3.40. The molecule has 0 aliphatic carbocycles. The predicted octanol–water partition coefficient (Wildman–Crippen LogP) is 2.70. The van der Waals surface area contributed by atoms with Crippen molar-refractivity contribution in [1.29, 1.82) is 5.26 Å². The summed E-state index contributed by atoms with van der Waals surface area (Å²) < 4.78 is 4.91. The highest BCUT2D eigenvalue weighted by atomic mass is 16.5. The number of aryl methyl sites for hydroxylation is 2. The van der Waals surface area contributed by atoms with Gasteiger partial charge in [0, 0.05) is 26.2 Å². The molecule has 0 fully saturated rings. The Morgan fingerprint density at radius 3 is 2.30 bits per heavy atom. The van der Waals surface area contributed by atoms with Gasteiger partial charge in [-0.3, -0.25) is 19.2 Å². The molecular weight excluding hydrogens is 564 g/mol. The Morgan fingerprint density at radius 2 is 1.75 bits per heavy atom. The molecule has 1 aromatic heterocycles. The zero-order valence-electron chi connectivity index (χ0n) is 26.6. The highest BCUT2D eigenvalue weighted by molar-refractivity contribution is 5.98. The third-order valence-electron chi connectivity index (χ3n) is 6.64. The van der Waals surface area contributed by atoms with Crippen LogP contribution in [0.15, 0.2) is 46.5 Å². The fourth-order valence-corrected chi connectivity index (χ4v) is 4.22. The molecule has 0 saturated carbocycles. The van der Waals surface area contributed by atoms with Gasteiger partial charge in [-0.25, -0.2) is 0 Å². The fourth-order valence-electron chi connectivity index (χ4n) is 4.22. The molecule has 44 heavy (non-hydrogen) atoms. The number of amides is 4. The molecule has 1 heterocycles. The summed E-state index contributed by atoms with van der Waals surface area (Å²) in [7, 11) is 1.61. The summed E-state index contributed by atoms with van der Waals surface area (Å²) in [5.41, 5.74) is 1.63. The monoisotopic (exact) mass is 608 g/mol. The average molecular weight is 609 g/mol. The van der Waals surface area contributed by atoms with Gasteiger partial charge >= 0.3 is 0 Å². The molecule has 2 aromatic rings. The van der Waals surface area contributed by atoms with Gasteiger partial charge in [-0.15, -0.1) is 0 Å². The summed E-state index contributed by atoms with van der Waals surface area (Å²) in [5, 5.41) is 31.3. The number of aliphatic hydroxyl groups excluding tert-OH is 1. The molecule has 0 bridgehead atoms. The summed E-state index contributed by atoms with van der Waals surface area (Å²) in [6.45, 7) is 11.2. The molecule has 0 radical (unpaired) electrons. The molecule has 4 N–H and O–H groups in total. The summed E-state index contributed by atoms with van der Waals surface area (Å²) >= 11 is 0. The molecule has 0 saturated heterocycles. The van der Waals surface area contributed by atoms with Crippen molar-refractivity contribution in [3.63, 3.8) is 0 Å². The van der Waals surface area contributed by atoms with Crippen LogP contribution in [0.3, 0.4) is 0 Å². The van der Waals surface area contributed by atoms with Crippen LogP contribution in [0.25, 0.3) is 0 Å². The Bertz CT molecular complexity index is 1370. The number of hydrogen-bond acceptors (Lipinski definition) is 8. The molecule has 238 valence electrons. The van der Waals surface area contributed by atoms with E-state index in [4.69, 9.17) is 4.52 Å². The third-order valence-corrected chi connectivity index (χ3v) is 6.64. The quantitative estimate of drug-likeness (QED) is 0.144. The number of carbonyl (C=O) groups excluding carboxylic acids is 4. The minimum Gasteiger partial charge on any atom is -0.391 e. The van der Waals surface area contributed by atoms with Crippen LogP contribution in [0, 0.1) is 30.6 Å². The number of rotatable bonds is 14. The number of nitrogens with one attached hydrogen (secondary N) is 3. The lowest BCUT2D eigenvalue weighted by Crippen LogP contribution is -2.57. The van der Waals surface area contributed by atoms with Crippen LogP contribution in [0.4, 0.5) is 0 Å². The van der Waals surface area contributed by atoms with Gasteiger partial charge in [-0.2, -0.15) is 5.26 Å². The van der Waals surface area contributed by atoms with E-state index in [1.165, 1.54) is 17.9 Å². The second-order valence-electron chi connectivity index (χ2n) is 12.0. The minimum atomic E-state index is -1.37. The van der Waals surface area contributed by atoms with Gasteiger partial charge < -0.3 is 30.5 Å². The number of nitriles is 1. The largest absolute Gasteiger partial charge is 0.391 e. The van der Waals surface area contributed by atoms with Crippen molar-refractivity contribution >= 4 is 23.6 Å². The van der Waals surface area contributed by atoms with Crippen LogP contribution in [0.2, 0.25) is 0 Å². The Labute approximate surface area is 258 Å². The van der Waals surface area contributed by atoms with E-state index in [0.29, 0.717) is 25.1 Å². The molecule has 12 nitrogen and oxygen atoms in total. The van der Waals surface area contributed by atoms with E-state index in [1.54, 1.807) is 20.0 Å². The zero-order chi connectivity index (χ0) is 33.0. The maximum absolute atomic E-state index is 13.2. The molecule has 12 heteroatoms. The normalized spacial score (nSPS) is 13.7. The van der Waals surface area contributed by atoms with Gasteiger partial charge in [0.05, 0.1) is 6.10 Å². The van der Waals surface area contributed by atoms with Gasteiger partial charge in [0.25, 0.3) is 11.8 Å². The van der Waals surface area contributed by atoms with Crippen molar-refractivity contribution in [3.8, 4) is 6.07 Å². The number of aromatic nitrogens is 1. The second-order valence-corrected chi connectivity index (χ2v) is 12.0. The maximum Gasteiger partial charge on any atom is 0.274 e. The van der Waals surface area contributed by atoms with Crippen LogP contribution in [-0.4, -0.2) is 70.6 Å². The standard InChI is InChI=1S/C32H44N6O6/c1-20-11-13-23(14-12-20)19-34-28(40)25(10-8-9-15-38(7)31(43)24(18-33)17-32(4,5)6)35-30(42)27(22(3)39)36-29(41)26-16-21(2)44-37-26/h11-14,16-17,22,25,27,39H,8-10,15,19H2,1-7H3,(H,34,40)(H,35,42)(H,36,41)/t22-,25?,27+/m1/s1. The molecule has 0 spiro atoms. The number of unbranched alkanes of at least 4 members (excludes halogenated alkanes) is 1. The number of benzene rings is 1. The first kappa shape index (κ1) is 35.7. The second kappa shape index (κ2) is 16.4. The van der Waals surface area contributed by atoms with E-state index in [9.17, 15) is 29.5 Å². The van der Waals surface area contributed by atoms with Crippen LogP contribution >= 0.6 is 0 Å². The van der Waals surface area contributed by atoms with Crippen molar-refractivity contribution in [3.05, 3.63) is 64.6 Å². The summed E-state index contributed by atoms with van der Waals surface area (Å²) in [6, 6.07) is 8.66. The number of nitrogens with zero attached hydrogens (tertiary/aromatic N) is 3. The fraction of sp³-hybridized carbons (Fsp3) is 0.500. The van der Waals surface area contributed by atoms with Gasteiger partial charge in [0.15, 0.2) is 5.69 Å². The minimum absolute atomic E-state index is 0.0519. The van der Waals surface area contributed by atoms with Gasteiger partial charge in [0.2, 0.25) is 11.8 Å². The summed E-state index contributed by atoms with van der Waals surface area (Å²) in [4.78, 5) is 53.3. The van der Waals surface area contributed by atoms with Gasteiger partial charge in [-0.1, -0.05) is 61.8 Å². The van der Waals surface area contributed by atoms with Crippen molar-refractivity contribution in [2.75, 3.05) is 13.6 Å². The van der Waals surface area contributed by atoms with Crippen molar-refractivity contribution in [2.24, 2.45) is 5.41 Å². The molecular formula is C32H44N6O6. The van der Waals surface area contributed by atoms with Crippen molar-refractivity contribution in [1.82, 2.24) is 26.0 Å². The third kappa shape index (κ3) is 11.6. The number of likely N-dealkylation sites (N-methyl/N-ethyl adjacent to an activating group) is 1. The summed E-state index contributed by atoms with van der Waals surface area (Å²) in [6.07, 6.45) is 1.53. The number of allylic oxidation sites excluding steroid dienone is 1. The first-order valence-electron chi connectivity index (χ1n) is 14.6. The van der Waals surface area contributed by atoms with Gasteiger partial charge in [-0.05, 0) is 51.0 Å². The molecule has 1 aromatic carbocycles. The maximum atomic E-state index is 13.2. The zero-order valence-corrected chi connectivity index (χ0v) is 26.6. The lowest BCUT2D eigenvalue weighted by molar-refractivity contribution is -0.131. The lowest BCUT2D eigenvalue weighted by Gasteiger charge is -2.25. The number of carbonyl (C=O) groups is 4. The Kier molecular flexibility index (Phi) is 13.3. The molecule has 3 atom stereocenters. The van der Waals surface area contributed by atoms with E-state index >= 15 is 0 Å². The molecule has 4 amide bonds. The highest BCUT2D eigenvalue weighted by Crippen LogP contribution is 2.18. The van der Waals surface area contributed by atoms with Crippen molar-refractivity contribution in [2.45, 2.75) is 85.5 Å². The van der Waals surface area contributed by atoms with Crippen LogP contribution < -0.4 is 16.0 Å². The molecule has 0 aliphatic rings. The van der Waals surface area contributed by atoms with E-state index in [-0.39, 0.29) is 35.6 Å². The van der Waals surface area contributed by atoms with Gasteiger partial charge in [0.1, 0.15) is 29.5 Å². The Morgan fingerprint density at radius 1 is 1.09 bits per heavy atom. The van der Waals surface area contributed by atoms with E-state index in [0.717, 1.165) is 11.1 Å². The summed E-state index contributed by atoms with van der Waals surface area (Å²) in [5.74, 6) is -1.89. The smallest absolute Gasteiger partial charge is 0.274 e. The van der Waals surface area contributed by atoms with Crippen LogP contribution in [0.1, 0.15) is 74.3 Å². The van der Waals surface area contributed by atoms with Crippen molar-refractivity contribution < 1.29 is 28.8 Å². The Hall–Kier alpha value is -4.50. The first-order valence-corrected chi connectivity index (χ1v) is 14.6. The van der Waals surface area contributed by atoms with Crippen LogP contribution in [0.5, 0.6) is 0 Å². The predicted molar refractivity (Wildman–Crippen MR) is 164 cm³/mol. The molecule has 0 aliphatic heterocycles. The first-order chi connectivity index (χ1) is 20.6. The molecule has 2 rings (SSSR count). The van der Waals surface area contributed by atoms with E-state index < -0.39 is 35.9 Å². The Balaban J connectivity index is 2.10. The highest BCUT2D eigenvalue weighted by Gasteiger charge is 2.30. The van der Waals surface area contributed by atoms with Crippen LogP contribution in [-0.2, 0) is 20.9 Å². The topological polar surface area (TPSA) is 178 Å². The number of hydrogen-bond donors (Lipinski definition) is 4. The molecule has 1 unspecified atom stereocenters. The SMILES string of the molecule is Cc1ccc(CNC(=O)C(CCCCN(C)C(=O)C(C#N)=CC(C)(C)C)NC(=O)[C@@H](NC(=O)c2cc(C)on2)[C@@H](C)O)cc1.